The van der Waals surface area contributed by atoms with E-state index in [1.54, 1.807) is 12.1 Å². The number of carbonyl (C=O) groups excluding carboxylic acids is 2. The van der Waals surface area contributed by atoms with Gasteiger partial charge in [-0.25, -0.2) is 4.79 Å². The summed E-state index contributed by atoms with van der Waals surface area (Å²) in [5.41, 5.74) is 1.57. The van der Waals surface area contributed by atoms with Crippen molar-refractivity contribution >= 4 is 34.8 Å². The average Bonchev–Trinajstić information content (AvgIpc) is 3.17. The highest BCUT2D eigenvalue weighted by atomic mass is 32.1. The standard InChI is InChI=1S/C15H16N4O4S/c1-22-15(21)11-8-10(19-4-6-23-7-5-19)2-3-12(11)17-14(20)13-9-16-18-24-13/h2-3,8-9H,4-7H2,1H3,(H,17,20). The van der Waals surface area contributed by atoms with E-state index in [-0.39, 0.29) is 5.91 Å². The summed E-state index contributed by atoms with van der Waals surface area (Å²) in [6.45, 7) is 2.78. The van der Waals surface area contributed by atoms with E-state index in [1.165, 1.54) is 13.3 Å². The number of amides is 1. The quantitative estimate of drug-likeness (QED) is 0.835. The Balaban J connectivity index is 1.87. The van der Waals surface area contributed by atoms with Crippen LogP contribution in [0.4, 0.5) is 11.4 Å². The molecule has 1 fully saturated rings. The van der Waals surface area contributed by atoms with Crippen LogP contribution in [0.2, 0.25) is 0 Å². The second-order valence-electron chi connectivity index (χ2n) is 5.06. The highest BCUT2D eigenvalue weighted by Crippen LogP contribution is 2.25. The lowest BCUT2D eigenvalue weighted by molar-refractivity contribution is 0.0602. The van der Waals surface area contributed by atoms with Crippen molar-refractivity contribution in [2.45, 2.75) is 0 Å². The van der Waals surface area contributed by atoms with Crippen LogP contribution in [-0.2, 0) is 9.47 Å². The summed E-state index contributed by atoms with van der Waals surface area (Å²) < 4.78 is 13.8. The van der Waals surface area contributed by atoms with Gasteiger partial charge in [0.2, 0.25) is 0 Å². The van der Waals surface area contributed by atoms with E-state index in [4.69, 9.17) is 9.47 Å². The first-order valence-electron chi connectivity index (χ1n) is 7.33. The largest absolute Gasteiger partial charge is 0.465 e. The molecule has 1 N–H and O–H groups in total. The molecule has 126 valence electrons. The van der Waals surface area contributed by atoms with E-state index >= 15 is 0 Å². The fraction of sp³-hybridized carbons (Fsp3) is 0.333. The fourth-order valence-corrected chi connectivity index (χ4v) is 2.80. The molecule has 1 aromatic heterocycles. The SMILES string of the molecule is COC(=O)c1cc(N2CCOCC2)ccc1NC(=O)c1cnns1. The lowest BCUT2D eigenvalue weighted by Gasteiger charge is -2.29. The van der Waals surface area contributed by atoms with Gasteiger partial charge in [0.25, 0.3) is 5.91 Å². The van der Waals surface area contributed by atoms with E-state index in [9.17, 15) is 9.59 Å². The Kier molecular flexibility index (Phi) is 5.02. The van der Waals surface area contributed by atoms with Gasteiger partial charge in [0.05, 0.1) is 37.8 Å². The van der Waals surface area contributed by atoms with Gasteiger partial charge >= 0.3 is 5.97 Å². The normalized spacial score (nSPS) is 14.3. The van der Waals surface area contributed by atoms with Gasteiger partial charge in [-0.05, 0) is 29.7 Å². The number of carbonyl (C=O) groups is 2. The Morgan fingerprint density at radius 3 is 2.79 bits per heavy atom. The third-order valence-corrected chi connectivity index (χ3v) is 4.28. The molecule has 9 heteroatoms. The van der Waals surface area contributed by atoms with Gasteiger partial charge in [-0.15, -0.1) is 5.10 Å². The molecule has 1 aliphatic rings. The summed E-state index contributed by atoms with van der Waals surface area (Å²) >= 11 is 0.985. The lowest BCUT2D eigenvalue weighted by Crippen LogP contribution is -2.36. The Morgan fingerprint density at radius 1 is 1.33 bits per heavy atom. The predicted octanol–water partition coefficient (Wildman–Crippen LogP) is 1.41. The molecule has 1 amide bonds. The second kappa shape index (κ2) is 7.37. The minimum Gasteiger partial charge on any atom is -0.465 e. The molecule has 0 saturated carbocycles. The molecule has 1 aliphatic heterocycles. The molecule has 0 unspecified atom stereocenters. The van der Waals surface area contributed by atoms with Crippen molar-refractivity contribution in [1.82, 2.24) is 9.59 Å². The molecular weight excluding hydrogens is 332 g/mol. The van der Waals surface area contributed by atoms with Gasteiger partial charge in [0, 0.05) is 18.8 Å². The van der Waals surface area contributed by atoms with E-state index in [0.717, 1.165) is 30.3 Å². The number of morpholine rings is 1. The molecule has 0 aliphatic carbocycles. The highest BCUT2D eigenvalue weighted by Gasteiger charge is 2.19. The topological polar surface area (TPSA) is 93.7 Å². The predicted molar refractivity (Wildman–Crippen MR) is 88.7 cm³/mol. The monoisotopic (exact) mass is 348 g/mol. The van der Waals surface area contributed by atoms with Gasteiger partial charge in [-0.1, -0.05) is 4.49 Å². The number of nitrogens with one attached hydrogen (secondary N) is 1. The van der Waals surface area contributed by atoms with Crippen LogP contribution in [-0.4, -0.2) is 54.9 Å². The summed E-state index contributed by atoms with van der Waals surface area (Å²) in [6.07, 6.45) is 1.37. The summed E-state index contributed by atoms with van der Waals surface area (Å²) in [7, 11) is 1.31. The summed E-state index contributed by atoms with van der Waals surface area (Å²) in [5.74, 6) is -0.878. The second-order valence-corrected chi connectivity index (χ2v) is 5.84. The van der Waals surface area contributed by atoms with Crippen molar-refractivity contribution in [3.05, 3.63) is 34.8 Å². The van der Waals surface area contributed by atoms with Gasteiger partial charge in [0.15, 0.2) is 0 Å². The van der Waals surface area contributed by atoms with Crippen LogP contribution in [0.3, 0.4) is 0 Å². The maximum absolute atomic E-state index is 12.2. The van der Waals surface area contributed by atoms with Crippen LogP contribution >= 0.6 is 11.5 Å². The molecular formula is C15H16N4O4S. The molecule has 2 heterocycles. The van der Waals surface area contributed by atoms with E-state index in [0.29, 0.717) is 29.3 Å². The number of nitrogens with zero attached hydrogens (tertiary/aromatic N) is 3. The van der Waals surface area contributed by atoms with Crippen molar-refractivity contribution in [3.63, 3.8) is 0 Å². The maximum atomic E-state index is 12.2. The zero-order valence-corrected chi connectivity index (χ0v) is 13.8. The lowest BCUT2D eigenvalue weighted by atomic mass is 10.1. The molecule has 0 bridgehead atoms. The number of esters is 1. The number of aromatic nitrogens is 2. The first-order chi connectivity index (χ1) is 11.7. The minimum absolute atomic E-state index is 0.298. The first kappa shape index (κ1) is 16.3. The van der Waals surface area contributed by atoms with E-state index < -0.39 is 5.97 Å². The number of ether oxygens (including phenoxy) is 2. The van der Waals surface area contributed by atoms with Crippen molar-refractivity contribution in [2.75, 3.05) is 43.6 Å². The molecule has 24 heavy (non-hydrogen) atoms. The van der Waals surface area contributed by atoms with Crippen LogP contribution in [0.5, 0.6) is 0 Å². The number of benzene rings is 1. The van der Waals surface area contributed by atoms with Crippen molar-refractivity contribution < 1.29 is 19.1 Å². The smallest absolute Gasteiger partial charge is 0.340 e. The summed E-state index contributed by atoms with van der Waals surface area (Å²) in [4.78, 5) is 26.7. The van der Waals surface area contributed by atoms with Crippen molar-refractivity contribution in [3.8, 4) is 0 Å². The summed E-state index contributed by atoms with van der Waals surface area (Å²) in [6, 6.07) is 5.28. The Hall–Kier alpha value is -2.52. The van der Waals surface area contributed by atoms with Crippen LogP contribution in [0, 0.1) is 0 Å². The molecule has 1 aromatic carbocycles. The number of hydrogen-bond acceptors (Lipinski definition) is 8. The van der Waals surface area contributed by atoms with Crippen LogP contribution in [0.15, 0.2) is 24.4 Å². The minimum atomic E-state index is -0.511. The van der Waals surface area contributed by atoms with Gasteiger partial charge in [-0.2, -0.15) is 0 Å². The van der Waals surface area contributed by atoms with Crippen LogP contribution < -0.4 is 10.2 Å². The van der Waals surface area contributed by atoms with Gasteiger partial charge in [0.1, 0.15) is 4.88 Å². The molecule has 1 saturated heterocycles. The van der Waals surface area contributed by atoms with E-state index in [2.05, 4.69) is 19.8 Å². The van der Waals surface area contributed by atoms with Crippen LogP contribution in [0.25, 0.3) is 0 Å². The van der Waals surface area contributed by atoms with Gasteiger partial charge < -0.3 is 19.7 Å². The third-order valence-electron chi connectivity index (χ3n) is 3.62. The van der Waals surface area contributed by atoms with Crippen molar-refractivity contribution in [2.24, 2.45) is 0 Å². The first-order valence-corrected chi connectivity index (χ1v) is 8.10. The number of methoxy groups -OCH3 is 1. The third kappa shape index (κ3) is 3.52. The molecule has 0 radical (unpaired) electrons. The van der Waals surface area contributed by atoms with Crippen LogP contribution in [0.1, 0.15) is 20.0 Å². The zero-order chi connectivity index (χ0) is 16.9. The van der Waals surface area contributed by atoms with Crippen molar-refractivity contribution in [1.29, 1.82) is 0 Å². The number of rotatable bonds is 4. The average molecular weight is 348 g/mol. The number of hydrogen-bond donors (Lipinski definition) is 1. The molecule has 0 spiro atoms. The number of anilines is 2. The maximum Gasteiger partial charge on any atom is 0.340 e. The highest BCUT2D eigenvalue weighted by molar-refractivity contribution is 7.07. The molecule has 3 rings (SSSR count). The van der Waals surface area contributed by atoms with Gasteiger partial charge in [-0.3, -0.25) is 4.79 Å². The van der Waals surface area contributed by atoms with E-state index in [1.807, 2.05) is 6.07 Å². The Morgan fingerprint density at radius 2 is 2.12 bits per heavy atom. The summed E-state index contributed by atoms with van der Waals surface area (Å²) in [5, 5.41) is 6.34. The Bertz CT molecular complexity index is 729. The Labute approximate surface area is 142 Å². The molecule has 2 aromatic rings. The molecule has 8 nitrogen and oxygen atoms in total. The zero-order valence-electron chi connectivity index (χ0n) is 13.0. The molecule has 0 atom stereocenters. The fourth-order valence-electron chi connectivity index (χ4n) is 2.39.